The number of nitrogens with one attached hydrogen (secondary N) is 1. The summed E-state index contributed by atoms with van der Waals surface area (Å²) < 4.78 is 1.28. The Morgan fingerprint density at radius 1 is 1.07 bits per heavy atom. The zero-order chi connectivity index (χ0) is 32.4. The van der Waals surface area contributed by atoms with Crippen LogP contribution in [0.3, 0.4) is 0 Å². The van der Waals surface area contributed by atoms with Crippen molar-refractivity contribution in [2.75, 3.05) is 46.7 Å². The minimum atomic E-state index is -0.752. The maximum absolute atomic E-state index is 14.2. The fourth-order valence-electron chi connectivity index (χ4n) is 5.74. The number of rotatable bonds is 5. The molecule has 2 atom stereocenters. The van der Waals surface area contributed by atoms with Crippen LogP contribution in [0.5, 0.6) is 0 Å². The number of amides is 4. The number of carbonyl (C=O) groups excluding carboxylic acids is 3. The Hall–Kier alpha value is -5.64. The van der Waals surface area contributed by atoms with Gasteiger partial charge in [-0.15, -0.1) is 0 Å². The SMILES string of the molecule is Cc1ccc(NC(=O)N(C(=O)n2ccc3c(N(C)[C@H]4CN(C(=O)CC#N)CC[C@H]4C)ncnc32)c2ccc(C)cc2N)c(N)c1. The smallest absolute Gasteiger partial charge is 0.342 e. The Balaban J connectivity index is 1.51. The summed E-state index contributed by atoms with van der Waals surface area (Å²) >= 11 is 0. The van der Waals surface area contributed by atoms with Gasteiger partial charge in [-0.25, -0.2) is 24.5 Å². The lowest BCUT2D eigenvalue weighted by Gasteiger charge is -2.42. The van der Waals surface area contributed by atoms with Crippen LogP contribution in [-0.2, 0) is 4.79 Å². The van der Waals surface area contributed by atoms with E-state index in [0.29, 0.717) is 35.7 Å². The summed E-state index contributed by atoms with van der Waals surface area (Å²) in [5, 5.41) is 12.3. The lowest BCUT2D eigenvalue weighted by atomic mass is 9.92. The quantitative estimate of drug-likeness (QED) is 0.275. The van der Waals surface area contributed by atoms with Gasteiger partial charge in [-0.1, -0.05) is 19.1 Å². The van der Waals surface area contributed by atoms with Crippen LogP contribution in [0.1, 0.15) is 30.9 Å². The fraction of sp³-hybridized carbons (Fsp3) is 0.312. The average molecular weight is 609 g/mol. The summed E-state index contributed by atoms with van der Waals surface area (Å²) in [7, 11) is 1.89. The molecule has 5 rings (SSSR count). The molecule has 5 N–H and O–H groups in total. The highest BCUT2D eigenvalue weighted by Crippen LogP contribution is 2.32. The summed E-state index contributed by atoms with van der Waals surface area (Å²) in [6, 6.07) is 12.4. The standard InChI is InChI=1S/C32H36N10O3/c1-19-5-7-25(23(34)15-19)38-31(44)42(26-8-6-20(2)16-24(26)35)32(45)41-14-11-22-29(36-18-37-30(22)41)39(4)27-17-40(13-10-21(27)3)28(43)9-12-33/h5-8,11,14-16,18,21,27H,9-10,13,17,34-35H2,1-4H3,(H,38,44)/t21-,27+/m1/s1. The molecule has 1 saturated heterocycles. The number of nitrogen functional groups attached to an aromatic ring is 2. The third-order valence-electron chi connectivity index (χ3n) is 8.27. The van der Waals surface area contributed by atoms with Crippen molar-refractivity contribution in [1.82, 2.24) is 19.4 Å². The molecule has 0 unspecified atom stereocenters. The van der Waals surface area contributed by atoms with Crippen LogP contribution in [0, 0.1) is 31.1 Å². The molecule has 2 aromatic heterocycles. The predicted molar refractivity (Wildman–Crippen MR) is 174 cm³/mol. The van der Waals surface area contributed by atoms with Gasteiger partial charge >= 0.3 is 12.1 Å². The van der Waals surface area contributed by atoms with Crippen molar-refractivity contribution < 1.29 is 14.4 Å². The molecule has 0 saturated carbocycles. The minimum absolute atomic E-state index is 0.0897. The maximum atomic E-state index is 14.2. The van der Waals surface area contributed by atoms with Crippen molar-refractivity contribution in [3.8, 4) is 6.07 Å². The second-order valence-electron chi connectivity index (χ2n) is 11.4. The number of carbonyl (C=O) groups is 3. The van der Waals surface area contributed by atoms with Crippen LogP contribution >= 0.6 is 0 Å². The van der Waals surface area contributed by atoms with Crippen LogP contribution in [0.25, 0.3) is 11.0 Å². The number of aryl methyl sites for hydroxylation is 2. The number of piperidine rings is 1. The maximum Gasteiger partial charge on any atom is 0.342 e. The number of nitrogens with two attached hydrogens (primary N) is 2. The zero-order valence-corrected chi connectivity index (χ0v) is 25.7. The number of hydrogen-bond acceptors (Lipinski definition) is 9. The number of fused-ring (bicyclic) bond motifs is 1. The van der Waals surface area contributed by atoms with Gasteiger partial charge in [-0.2, -0.15) is 5.26 Å². The molecule has 13 nitrogen and oxygen atoms in total. The van der Waals surface area contributed by atoms with E-state index >= 15 is 0 Å². The molecule has 13 heteroatoms. The summed E-state index contributed by atoms with van der Waals surface area (Å²) in [6.07, 6.45) is 3.51. The number of benzene rings is 2. The van der Waals surface area contributed by atoms with E-state index in [-0.39, 0.29) is 41.3 Å². The fourth-order valence-corrected chi connectivity index (χ4v) is 5.74. The van der Waals surface area contributed by atoms with E-state index in [1.165, 1.54) is 17.1 Å². The van der Waals surface area contributed by atoms with E-state index in [2.05, 4.69) is 22.2 Å². The molecule has 4 amide bonds. The van der Waals surface area contributed by atoms with Gasteiger partial charge in [-0.3, -0.25) is 9.36 Å². The number of anilines is 5. The number of imide groups is 1. The van der Waals surface area contributed by atoms with Gasteiger partial charge in [0.15, 0.2) is 5.65 Å². The summed E-state index contributed by atoms with van der Waals surface area (Å²) in [6.45, 7) is 6.88. The van der Waals surface area contributed by atoms with Gasteiger partial charge in [0.05, 0.1) is 40.2 Å². The average Bonchev–Trinajstić information content (AvgIpc) is 3.44. The normalized spacial score (nSPS) is 16.2. The predicted octanol–water partition coefficient (Wildman–Crippen LogP) is 4.51. The van der Waals surface area contributed by atoms with Gasteiger partial charge in [0.1, 0.15) is 18.6 Å². The molecule has 0 spiro atoms. The lowest BCUT2D eigenvalue weighted by Crippen LogP contribution is -2.52. The molecule has 4 aromatic rings. The highest BCUT2D eigenvalue weighted by molar-refractivity contribution is 6.21. The van der Waals surface area contributed by atoms with Crippen LogP contribution in [-0.4, -0.2) is 63.6 Å². The van der Waals surface area contributed by atoms with Gasteiger partial charge in [0, 0.05) is 26.3 Å². The van der Waals surface area contributed by atoms with Crippen LogP contribution in [0.4, 0.5) is 38.2 Å². The van der Waals surface area contributed by atoms with Crippen LogP contribution in [0.15, 0.2) is 55.0 Å². The third-order valence-corrected chi connectivity index (χ3v) is 8.27. The third kappa shape index (κ3) is 6.08. The highest BCUT2D eigenvalue weighted by Gasteiger charge is 2.34. The van der Waals surface area contributed by atoms with Gasteiger partial charge in [0.25, 0.3) is 0 Å². The Labute approximate surface area is 261 Å². The Morgan fingerprint density at radius 3 is 2.47 bits per heavy atom. The molecule has 0 aliphatic carbocycles. The van der Waals surface area contributed by atoms with E-state index in [1.807, 2.05) is 31.9 Å². The van der Waals surface area contributed by atoms with E-state index in [0.717, 1.165) is 22.4 Å². The molecule has 1 fully saturated rings. The van der Waals surface area contributed by atoms with Crippen molar-refractivity contribution in [3.63, 3.8) is 0 Å². The molecule has 1 aliphatic rings. The monoisotopic (exact) mass is 608 g/mol. The number of likely N-dealkylation sites (N-methyl/N-ethyl adjacent to an activating group) is 1. The molecule has 0 bridgehead atoms. The Kier molecular flexibility index (Phi) is 8.58. The summed E-state index contributed by atoms with van der Waals surface area (Å²) in [4.78, 5) is 54.1. The topological polar surface area (TPSA) is 180 Å². The first kappa shape index (κ1) is 30.8. The minimum Gasteiger partial charge on any atom is -0.397 e. The second-order valence-corrected chi connectivity index (χ2v) is 11.4. The number of likely N-dealkylation sites (tertiary alicyclic amines) is 1. The zero-order valence-electron chi connectivity index (χ0n) is 25.7. The van der Waals surface area contributed by atoms with Crippen LogP contribution in [0.2, 0.25) is 0 Å². The molecule has 45 heavy (non-hydrogen) atoms. The lowest BCUT2D eigenvalue weighted by molar-refractivity contribution is -0.131. The van der Waals surface area contributed by atoms with Gasteiger partial charge in [-0.05, 0) is 67.6 Å². The van der Waals surface area contributed by atoms with Crippen molar-refractivity contribution in [2.45, 2.75) is 39.7 Å². The number of nitriles is 1. The van der Waals surface area contributed by atoms with E-state index in [1.54, 1.807) is 47.4 Å². The summed E-state index contributed by atoms with van der Waals surface area (Å²) in [5.74, 6) is 0.595. The van der Waals surface area contributed by atoms with Gasteiger partial charge < -0.3 is 26.6 Å². The first-order chi connectivity index (χ1) is 21.5. The molecular formula is C32H36N10O3. The first-order valence-corrected chi connectivity index (χ1v) is 14.6. The van der Waals surface area contributed by atoms with Crippen molar-refractivity contribution in [2.24, 2.45) is 5.92 Å². The molecule has 1 aliphatic heterocycles. The molecule has 2 aromatic carbocycles. The molecule has 3 heterocycles. The first-order valence-electron chi connectivity index (χ1n) is 14.6. The highest BCUT2D eigenvalue weighted by atomic mass is 16.2. The van der Waals surface area contributed by atoms with Crippen molar-refractivity contribution >= 4 is 57.6 Å². The Morgan fingerprint density at radius 2 is 1.78 bits per heavy atom. The molecule has 232 valence electrons. The van der Waals surface area contributed by atoms with E-state index in [4.69, 9.17) is 16.7 Å². The Bertz CT molecular complexity index is 1830. The number of urea groups is 1. The van der Waals surface area contributed by atoms with E-state index in [9.17, 15) is 14.4 Å². The van der Waals surface area contributed by atoms with Gasteiger partial charge in [0.2, 0.25) is 5.91 Å². The number of aromatic nitrogens is 3. The molecular weight excluding hydrogens is 572 g/mol. The van der Waals surface area contributed by atoms with Crippen LogP contribution < -0.4 is 26.6 Å². The number of nitrogens with zero attached hydrogens (tertiary/aromatic N) is 7. The number of hydrogen-bond donors (Lipinski definition) is 3. The molecule has 0 radical (unpaired) electrons. The summed E-state index contributed by atoms with van der Waals surface area (Å²) in [5.41, 5.74) is 15.7. The van der Waals surface area contributed by atoms with Crippen molar-refractivity contribution in [3.05, 3.63) is 66.1 Å². The van der Waals surface area contributed by atoms with Crippen molar-refractivity contribution in [1.29, 1.82) is 5.26 Å². The largest absolute Gasteiger partial charge is 0.397 e. The second kappa shape index (κ2) is 12.5. The van der Waals surface area contributed by atoms with E-state index < -0.39 is 12.1 Å².